The van der Waals surface area contributed by atoms with Crippen molar-refractivity contribution in [3.05, 3.63) is 190 Å². The second kappa shape index (κ2) is 16.1. The quantitative estimate of drug-likeness (QED) is 0.0779. The molecule has 0 radical (unpaired) electrons. The summed E-state index contributed by atoms with van der Waals surface area (Å²) in [4.78, 5) is 29.6. The van der Waals surface area contributed by atoms with Crippen molar-refractivity contribution in [2.45, 2.75) is 34.2 Å². The van der Waals surface area contributed by atoms with Crippen LogP contribution in [0.5, 0.6) is 0 Å². The van der Waals surface area contributed by atoms with Crippen molar-refractivity contribution in [2.24, 2.45) is 0 Å². The lowest BCUT2D eigenvalue weighted by atomic mass is 9.77. The zero-order chi connectivity index (χ0) is 42.2. The maximum Gasteiger partial charge on any atom is 0.284 e. The number of halogens is 2. The van der Waals surface area contributed by atoms with Gasteiger partial charge in [0.15, 0.2) is 5.82 Å². The van der Waals surface area contributed by atoms with E-state index in [-0.39, 0.29) is 21.7 Å². The second-order valence-corrected chi connectivity index (χ2v) is 16.9. The summed E-state index contributed by atoms with van der Waals surface area (Å²) in [5.41, 5.74) is 1.45. The largest absolute Gasteiger partial charge is 0.371 e. The number of anilines is 2. The maximum absolute atomic E-state index is 14.4. The Balaban J connectivity index is 1.32. The van der Waals surface area contributed by atoms with Crippen molar-refractivity contribution in [3.8, 4) is 0 Å². The lowest BCUT2D eigenvalue weighted by Gasteiger charge is -2.37. The normalized spacial score (nSPS) is 13.8. The lowest BCUT2D eigenvalue weighted by Crippen LogP contribution is -2.42. The Morgan fingerprint density at radius 3 is 1.83 bits per heavy atom. The van der Waals surface area contributed by atoms with Gasteiger partial charge in [-0.15, -0.1) is 0 Å². The van der Waals surface area contributed by atoms with E-state index in [0.29, 0.717) is 36.4 Å². The molecule has 1 amide bonds. The van der Waals surface area contributed by atoms with Gasteiger partial charge in [0, 0.05) is 42.3 Å². The van der Waals surface area contributed by atoms with Crippen LogP contribution in [-0.2, 0) is 15.4 Å². The first kappa shape index (κ1) is 40.0. The molecule has 7 aromatic rings. The summed E-state index contributed by atoms with van der Waals surface area (Å²) in [6, 6.07) is 39.7. The van der Waals surface area contributed by atoms with Crippen molar-refractivity contribution >= 4 is 43.8 Å². The lowest BCUT2D eigenvalue weighted by molar-refractivity contribution is -0.385. The highest BCUT2D eigenvalue weighted by atomic mass is 32.2. The number of aromatic nitrogens is 2. The molecule has 1 fully saturated rings. The van der Waals surface area contributed by atoms with Crippen LogP contribution in [-0.4, -0.2) is 67.2 Å². The monoisotopic (exact) mass is 826 g/mol. The smallest absolute Gasteiger partial charge is 0.284 e. The zero-order valence-electron chi connectivity index (χ0n) is 32.7. The summed E-state index contributed by atoms with van der Waals surface area (Å²) in [6.45, 7) is 1.38. The molecule has 0 spiro atoms. The minimum atomic E-state index is -4.52. The number of nitrogens with zero attached hydrogens (tertiary/aromatic N) is 5. The van der Waals surface area contributed by atoms with E-state index < -0.39 is 48.4 Å². The molecule has 0 aliphatic carbocycles. The topological polar surface area (TPSA) is 131 Å². The first-order chi connectivity index (χ1) is 28.9. The molecule has 304 valence electrons. The predicted octanol–water partition coefficient (Wildman–Crippen LogP) is 8.68. The van der Waals surface area contributed by atoms with Crippen LogP contribution in [0.15, 0.2) is 155 Å². The van der Waals surface area contributed by atoms with Crippen molar-refractivity contribution in [1.29, 1.82) is 0 Å². The molecule has 6 aromatic carbocycles. The van der Waals surface area contributed by atoms with Crippen molar-refractivity contribution < 1.29 is 26.9 Å². The van der Waals surface area contributed by atoms with Gasteiger partial charge < -0.3 is 15.1 Å². The van der Waals surface area contributed by atoms with Crippen LogP contribution in [0.4, 0.5) is 26.0 Å². The maximum atomic E-state index is 14.4. The third-order valence-electron chi connectivity index (χ3n) is 11.2. The van der Waals surface area contributed by atoms with Crippen molar-refractivity contribution in [3.63, 3.8) is 0 Å². The fraction of sp³-hybridized carbons (Fsp3) is 0.174. The van der Waals surface area contributed by atoms with Gasteiger partial charge in [0.2, 0.25) is 9.84 Å². The molecule has 1 aliphatic rings. The first-order valence-corrected chi connectivity index (χ1v) is 20.8. The molecule has 1 aliphatic heterocycles. The van der Waals surface area contributed by atoms with E-state index in [4.69, 9.17) is 5.10 Å². The van der Waals surface area contributed by atoms with Gasteiger partial charge in [-0.3, -0.25) is 14.9 Å². The molecule has 1 aromatic heterocycles. The number of hydrogen-bond donors (Lipinski definition) is 1. The van der Waals surface area contributed by atoms with Crippen LogP contribution in [0.2, 0.25) is 0 Å². The highest BCUT2D eigenvalue weighted by molar-refractivity contribution is 7.91. The summed E-state index contributed by atoms with van der Waals surface area (Å²) in [5.74, 6) is -3.09. The van der Waals surface area contributed by atoms with E-state index in [2.05, 4.69) is 15.1 Å². The molecule has 1 N–H and O–H groups in total. The number of nitro benzene ring substituents is 1. The Morgan fingerprint density at radius 2 is 1.32 bits per heavy atom. The SMILES string of the molecule is CN(C)C1CCN(c2ccc(C(=O)Nc3nn(C(c4ccccc4)(c4ccccc4)c4ccccc4)c4ccc(S(=O)(=O)c5cc(F)cc(F)c5)cc34)c([N+](=O)[O-])c2)CC1. The molecule has 60 heavy (non-hydrogen) atoms. The molecule has 8 rings (SSSR count). The number of fused-ring (bicyclic) bond motifs is 1. The average molecular weight is 827 g/mol. The number of benzene rings is 6. The fourth-order valence-corrected chi connectivity index (χ4v) is 9.54. The number of amides is 1. The summed E-state index contributed by atoms with van der Waals surface area (Å²) in [5, 5.41) is 20.6. The molecule has 2 heterocycles. The van der Waals surface area contributed by atoms with E-state index in [9.17, 15) is 32.1 Å². The summed E-state index contributed by atoms with van der Waals surface area (Å²) >= 11 is 0. The number of hydrogen-bond acceptors (Lipinski definition) is 8. The van der Waals surface area contributed by atoms with E-state index in [1.165, 1.54) is 30.3 Å². The molecule has 0 bridgehead atoms. The molecule has 1 saturated heterocycles. The van der Waals surface area contributed by atoms with E-state index in [0.717, 1.165) is 41.7 Å². The van der Waals surface area contributed by atoms with Gasteiger partial charge >= 0.3 is 0 Å². The van der Waals surface area contributed by atoms with Crippen LogP contribution in [0.25, 0.3) is 10.9 Å². The van der Waals surface area contributed by atoms with Crippen molar-refractivity contribution in [2.75, 3.05) is 37.4 Å². The minimum absolute atomic E-state index is 0.103. The first-order valence-electron chi connectivity index (χ1n) is 19.3. The standard InChI is InChI=1S/C46H40F2N6O5S/c1-51(2)36-22-24-52(25-23-36)37-18-20-40(43(29-37)54(56)57)45(55)49-44-41-30-38(60(58,59)39-27-34(47)26-35(48)28-39)19-21-42(41)53(50-44)46(31-12-6-3-7-13-31,32-14-8-4-9-15-32)33-16-10-5-11-17-33/h3-21,26-30,36H,22-25H2,1-2H3,(H,49,50,55). The minimum Gasteiger partial charge on any atom is -0.371 e. The Hall–Kier alpha value is -6.77. The molecule has 14 heteroatoms. The Morgan fingerprint density at radius 1 is 0.767 bits per heavy atom. The van der Waals surface area contributed by atoms with Gasteiger partial charge in [-0.1, -0.05) is 91.0 Å². The van der Waals surface area contributed by atoms with E-state index >= 15 is 0 Å². The number of sulfone groups is 1. The number of carbonyl (C=O) groups is 1. The average Bonchev–Trinajstić information content (AvgIpc) is 3.61. The second-order valence-electron chi connectivity index (χ2n) is 15.0. The third-order valence-corrected chi connectivity index (χ3v) is 12.9. The van der Waals surface area contributed by atoms with Gasteiger partial charge in [-0.25, -0.2) is 21.9 Å². The highest BCUT2D eigenvalue weighted by Crippen LogP contribution is 2.44. The van der Waals surface area contributed by atoms with Gasteiger partial charge in [0.25, 0.3) is 11.6 Å². The third kappa shape index (κ3) is 7.28. The zero-order valence-corrected chi connectivity index (χ0v) is 33.5. The van der Waals surface area contributed by atoms with Crippen LogP contribution in [0.3, 0.4) is 0 Å². The van der Waals surface area contributed by atoms with Gasteiger partial charge in [-0.05, 0) is 86.1 Å². The number of piperidine rings is 1. The van der Waals surface area contributed by atoms with Crippen LogP contribution >= 0.6 is 0 Å². The number of nitro groups is 1. The Kier molecular flexibility index (Phi) is 10.8. The molecular formula is C46H40F2N6O5S. The van der Waals surface area contributed by atoms with Crippen LogP contribution < -0.4 is 10.2 Å². The van der Waals surface area contributed by atoms with E-state index in [1.807, 2.05) is 105 Å². The molecule has 0 saturated carbocycles. The summed E-state index contributed by atoms with van der Waals surface area (Å²) < 4.78 is 58.4. The fourth-order valence-electron chi connectivity index (χ4n) is 8.21. The molecule has 0 unspecified atom stereocenters. The number of nitrogens with one attached hydrogen (secondary N) is 1. The summed E-state index contributed by atoms with van der Waals surface area (Å²) in [7, 11) is -0.466. The van der Waals surface area contributed by atoms with Gasteiger partial charge in [0.05, 0.1) is 20.2 Å². The Bertz CT molecular complexity index is 2710. The van der Waals surface area contributed by atoms with Crippen LogP contribution in [0, 0.1) is 21.7 Å². The van der Waals surface area contributed by atoms with Crippen LogP contribution in [0.1, 0.15) is 39.9 Å². The Labute approximate surface area is 345 Å². The number of rotatable bonds is 11. The van der Waals surface area contributed by atoms with Gasteiger partial charge in [0.1, 0.15) is 22.7 Å². The molecule has 0 atom stereocenters. The number of carbonyl (C=O) groups excluding carboxylic acids is 1. The molecule has 11 nitrogen and oxygen atoms in total. The van der Waals surface area contributed by atoms with E-state index in [1.54, 1.807) is 10.7 Å². The molecular weight excluding hydrogens is 787 g/mol. The highest BCUT2D eigenvalue weighted by Gasteiger charge is 2.41. The van der Waals surface area contributed by atoms with Crippen molar-refractivity contribution in [1.82, 2.24) is 14.7 Å². The van der Waals surface area contributed by atoms with Gasteiger partial charge in [-0.2, -0.15) is 5.10 Å². The summed E-state index contributed by atoms with van der Waals surface area (Å²) in [6.07, 6.45) is 1.75. The predicted molar refractivity (Wildman–Crippen MR) is 226 cm³/mol.